The first-order valence-corrected chi connectivity index (χ1v) is 31.7. The first-order valence-electron chi connectivity index (χ1n) is 23.4. The van der Waals surface area contributed by atoms with E-state index >= 15 is 0 Å². The molecule has 1 saturated carbocycles. The van der Waals surface area contributed by atoms with E-state index in [-0.39, 0.29) is 24.8 Å². The Balaban J connectivity index is 0.00000236. The van der Waals surface area contributed by atoms with Gasteiger partial charge in [-0.25, -0.2) is 0 Å². The van der Waals surface area contributed by atoms with Gasteiger partial charge in [-0.1, -0.05) is 0 Å². The molecule has 0 aromatic heterocycles. The predicted octanol–water partition coefficient (Wildman–Crippen LogP) is 18.5. The van der Waals surface area contributed by atoms with Crippen molar-refractivity contribution in [3.05, 3.63) is 179 Å². The minimum absolute atomic E-state index is 0. The second kappa shape index (κ2) is 16.6. The standard InChI is InChI=1S/2C27H23.C6H10.2ClH.Hf/c2*1-18(2)14-19-15-20-10-7-13-25(26(20)16-19)27-23-11-5-3-8-21(23)17-22-9-4-6-12-24(22)27;1-2-4-6-5-3-1;;;/h2*3-13,15-18H,14H2,1-2H3;1-2H,3-6H2;2*1H;. The van der Waals surface area contributed by atoms with Crippen LogP contribution in [0.3, 0.4) is 0 Å². The van der Waals surface area contributed by atoms with Crippen molar-refractivity contribution in [3.63, 3.8) is 0 Å². The van der Waals surface area contributed by atoms with Gasteiger partial charge < -0.3 is 0 Å². The number of benzene rings is 8. The van der Waals surface area contributed by atoms with E-state index in [0.29, 0.717) is 19.2 Å². The van der Waals surface area contributed by atoms with E-state index in [9.17, 15) is 0 Å². The van der Waals surface area contributed by atoms with Crippen molar-refractivity contribution in [3.8, 4) is 22.3 Å². The minimum atomic E-state index is -3.52. The third-order valence-corrected chi connectivity index (χ3v) is 40.5. The van der Waals surface area contributed by atoms with Gasteiger partial charge in [-0.15, -0.1) is 24.8 Å². The molecule has 1 aliphatic heterocycles. The summed E-state index contributed by atoms with van der Waals surface area (Å²) in [5.74, 6) is 1.23. The van der Waals surface area contributed by atoms with Crippen LogP contribution in [0.2, 0.25) is 7.35 Å². The van der Waals surface area contributed by atoms with Crippen LogP contribution in [0.25, 0.3) is 77.5 Å². The Morgan fingerprint density at radius 2 is 0.794 bits per heavy atom. The fraction of sp³-hybridized carbons (Fsp3) is 0.267. The van der Waals surface area contributed by atoms with Crippen LogP contribution in [0.4, 0.5) is 0 Å². The molecule has 4 aliphatic rings. The third-order valence-electron chi connectivity index (χ3n) is 15.6. The molecule has 4 atom stereocenters. The zero-order valence-corrected chi connectivity index (χ0v) is 42.3. The molecule has 1 saturated heterocycles. The predicted molar refractivity (Wildman–Crippen MR) is 275 cm³/mol. The molecule has 3 heteroatoms. The summed E-state index contributed by atoms with van der Waals surface area (Å²) in [6, 6.07) is 56.4. The van der Waals surface area contributed by atoms with Gasteiger partial charge in [0.05, 0.1) is 0 Å². The molecule has 8 aromatic carbocycles. The van der Waals surface area contributed by atoms with Gasteiger partial charge in [0.15, 0.2) is 0 Å². The number of hydrogen-bond donors (Lipinski definition) is 0. The Kier molecular flexibility index (Phi) is 11.3. The number of fused-ring (bicyclic) bond motifs is 7. The first kappa shape index (κ1) is 42.7. The summed E-state index contributed by atoms with van der Waals surface area (Å²) >= 11 is -3.52. The van der Waals surface area contributed by atoms with Crippen molar-refractivity contribution in [2.75, 3.05) is 0 Å². The second-order valence-corrected chi connectivity index (χ2v) is 36.7. The molecule has 0 spiro atoms. The molecule has 0 bridgehead atoms. The Hall–Kier alpha value is -4.27. The minimum Gasteiger partial charge on any atom is -0.147 e. The van der Waals surface area contributed by atoms with E-state index in [0.717, 1.165) is 7.35 Å². The fourth-order valence-corrected chi connectivity index (χ4v) is 48.9. The molecule has 0 radical (unpaired) electrons. The van der Waals surface area contributed by atoms with Gasteiger partial charge in [0.1, 0.15) is 0 Å². The van der Waals surface area contributed by atoms with Crippen molar-refractivity contribution >= 4 is 80.1 Å². The summed E-state index contributed by atoms with van der Waals surface area (Å²) in [7, 11) is 0. The van der Waals surface area contributed by atoms with Crippen LogP contribution < -0.4 is 0 Å². The van der Waals surface area contributed by atoms with E-state index in [1.807, 2.05) is 0 Å². The van der Waals surface area contributed by atoms with Crippen molar-refractivity contribution in [2.24, 2.45) is 11.8 Å². The third kappa shape index (κ3) is 6.61. The molecule has 12 rings (SSSR count). The molecule has 4 unspecified atom stereocenters. The van der Waals surface area contributed by atoms with Crippen LogP contribution in [-0.2, 0) is 20.0 Å². The average molecular weight is 1030 g/mol. The van der Waals surface area contributed by atoms with Gasteiger partial charge >= 0.3 is 369 Å². The van der Waals surface area contributed by atoms with E-state index in [2.05, 4.69) is 185 Å². The fourth-order valence-electron chi connectivity index (χ4n) is 13.7. The second-order valence-electron chi connectivity index (χ2n) is 20.0. The topological polar surface area (TPSA) is 0 Å². The first-order chi connectivity index (χ1) is 29.9. The zero-order valence-electron chi connectivity index (χ0n) is 37.0. The number of allylic oxidation sites excluding steroid dienone is 2. The summed E-state index contributed by atoms with van der Waals surface area (Å²) in [6.45, 7) is 9.89. The summed E-state index contributed by atoms with van der Waals surface area (Å²) in [4.78, 5) is 0. The molecule has 8 aromatic rings. The van der Waals surface area contributed by atoms with Gasteiger partial charge in [0.2, 0.25) is 0 Å². The Labute approximate surface area is 391 Å². The Morgan fingerprint density at radius 1 is 0.444 bits per heavy atom. The summed E-state index contributed by atoms with van der Waals surface area (Å²) in [5, 5.41) is 10.8. The van der Waals surface area contributed by atoms with E-state index in [1.165, 1.54) is 115 Å². The normalized spacial score (nSPS) is 22.1. The van der Waals surface area contributed by atoms with Crippen molar-refractivity contribution in [1.82, 2.24) is 0 Å². The summed E-state index contributed by atoms with van der Waals surface area (Å²) in [6.07, 6.45) is 13.7. The van der Waals surface area contributed by atoms with Gasteiger partial charge in [0.25, 0.3) is 0 Å². The number of rotatable bonds is 8. The molecule has 0 nitrogen and oxygen atoms in total. The average Bonchev–Trinajstić information content (AvgIpc) is 3.54. The molecule has 1 heterocycles. The van der Waals surface area contributed by atoms with Crippen LogP contribution >= 0.6 is 24.8 Å². The summed E-state index contributed by atoms with van der Waals surface area (Å²) < 4.78 is 3.13. The van der Waals surface area contributed by atoms with Gasteiger partial charge in [-0.3, -0.25) is 0 Å². The largest absolute Gasteiger partial charge is 0.147 e. The Morgan fingerprint density at radius 3 is 1.14 bits per heavy atom. The summed E-state index contributed by atoms with van der Waals surface area (Å²) in [5.41, 5.74) is 15.7. The SMILES string of the molecule is CC(C)CC1=Cc2c(-c3c4ccccc4cc4ccccc34)cccc2[CH]1[Hf]1([CH]2C(CC(C)C)=Cc3c(-c4c5ccccc5cc5ccccc45)cccc32)[CH]2CCCC[CH]21.Cl.Cl. The Bertz CT molecular complexity index is 2830. The maximum atomic E-state index is 2.78. The zero-order chi connectivity index (χ0) is 41.0. The van der Waals surface area contributed by atoms with E-state index in [1.54, 1.807) is 22.3 Å². The molecular weight excluding hydrogens is 970 g/mol. The smallest absolute Gasteiger partial charge is 0.147 e. The van der Waals surface area contributed by atoms with Crippen LogP contribution in [-0.4, -0.2) is 0 Å². The van der Waals surface area contributed by atoms with E-state index in [4.69, 9.17) is 0 Å². The van der Waals surface area contributed by atoms with Gasteiger partial charge in [-0.2, -0.15) is 0 Å². The van der Waals surface area contributed by atoms with Gasteiger partial charge in [-0.05, 0) is 0 Å². The van der Waals surface area contributed by atoms with Crippen molar-refractivity contribution in [1.29, 1.82) is 0 Å². The maximum Gasteiger partial charge on any atom is -0.147 e. The molecule has 316 valence electrons. The van der Waals surface area contributed by atoms with Crippen molar-refractivity contribution in [2.45, 2.75) is 80.9 Å². The molecule has 0 amide bonds. The molecule has 2 fully saturated rings. The molecule has 0 N–H and O–H groups in total. The van der Waals surface area contributed by atoms with Crippen LogP contribution in [0.5, 0.6) is 0 Å². The number of halogens is 2. The molecule has 63 heavy (non-hydrogen) atoms. The maximum absolute atomic E-state index is 3.52. The van der Waals surface area contributed by atoms with Gasteiger partial charge in [0, 0.05) is 0 Å². The van der Waals surface area contributed by atoms with Crippen molar-refractivity contribution < 1.29 is 20.0 Å². The van der Waals surface area contributed by atoms with Crippen LogP contribution in [0, 0.1) is 11.8 Å². The quantitative estimate of drug-likeness (QED) is 0.105. The van der Waals surface area contributed by atoms with Crippen LogP contribution in [0.1, 0.15) is 95.8 Å². The van der Waals surface area contributed by atoms with E-state index < -0.39 is 20.0 Å². The number of hydrogen-bond acceptors (Lipinski definition) is 0. The monoisotopic (exact) mass is 1030 g/mol. The molecule has 3 aliphatic carbocycles. The van der Waals surface area contributed by atoms with Crippen LogP contribution in [0.15, 0.2) is 157 Å². The molecular formula is C60H58Cl2Hf.